The molecule has 1 N–H and O–H groups in total. The highest BCUT2D eigenvalue weighted by atomic mass is 19.4. The van der Waals surface area contributed by atoms with E-state index in [2.05, 4.69) is 11.8 Å². The van der Waals surface area contributed by atoms with Gasteiger partial charge < -0.3 is 9.84 Å². The second kappa shape index (κ2) is 5.91. The number of hydrogen-bond acceptors (Lipinski definition) is 2. The van der Waals surface area contributed by atoms with Gasteiger partial charge in [-0.3, -0.25) is 0 Å². The number of benzene rings is 1. The minimum Gasteiger partial charge on any atom is -0.478 e. The quantitative estimate of drug-likeness (QED) is 0.854. The first kappa shape index (κ1) is 16.2. The second-order valence-corrected chi connectivity index (χ2v) is 5.19. The van der Waals surface area contributed by atoms with E-state index in [1.165, 1.54) is 0 Å². The molecule has 0 spiro atoms. The molecule has 1 saturated carbocycles. The number of carboxylic acids is 1. The zero-order valence-electron chi connectivity index (χ0n) is 12.0. The lowest BCUT2D eigenvalue weighted by atomic mass is 10.0. The Kier molecular flexibility index (Phi) is 4.36. The molecule has 0 saturated heterocycles. The fraction of sp³-hybridized carbons (Fsp3) is 0.438. The summed E-state index contributed by atoms with van der Waals surface area (Å²) in [7, 11) is 0. The number of halogens is 3. The highest BCUT2D eigenvalue weighted by Crippen LogP contribution is 2.41. The van der Waals surface area contributed by atoms with E-state index in [1.807, 2.05) is 0 Å². The van der Waals surface area contributed by atoms with Crippen molar-refractivity contribution in [3.63, 3.8) is 0 Å². The van der Waals surface area contributed by atoms with E-state index in [0.717, 1.165) is 31.0 Å². The lowest BCUT2D eigenvalue weighted by Gasteiger charge is -2.26. The first-order chi connectivity index (χ1) is 10.3. The summed E-state index contributed by atoms with van der Waals surface area (Å²) in [5, 5.41) is 8.97. The molecular weight excluding hydrogens is 297 g/mol. The van der Waals surface area contributed by atoms with Crippen molar-refractivity contribution in [1.82, 2.24) is 0 Å². The van der Waals surface area contributed by atoms with Gasteiger partial charge in [-0.2, -0.15) is 13.2 Å². The van der Waals surface area contributed by atoms with E-state index in [-0.39, 0.29) is 5.56 Å². The fourth-order valence-corrected chi connectivity index (χ4v) is 2.61. The second-order valence-electron chi connectivity index (χ2n) is 5.19. The van der Waals surface area contributed by atoms with Crippen LogP contribution in [0.1, 0.15) is 48.5 Å². The van der Waals surface area contributed by atoms with E-state index < -0.39 is 29.1 Å². The van der Waals surface area contributed by atoms with E-state index in [1.54, 1.807) is 6.92 Å². The molecule has 0 aliphatic heterocycles. The maximum absolute atomic E-state index is 13.1. The number of aromatic carboxylic acids is 1. The van der Waals surface area contributed by atoms with E-state index in [4.69, 9.17) is 9.84 Å². The van der Waals surface area contributed by atoms with Crippen molar-refractivity contribution in [3.05, 3.63) is 29.3 Å². The van der Waals surface area contributed by atoms with Crippen molar-refractivity contribution in [2.24, 2.45) is 0 Å². The molecule has 118 valence electrons. The predicted molar refractivity (Wildman–Crippen MR) is 73.7 cm³/mol. The van der Waals surface area contributed by atoms with Gasteiger partial charge in [-0.25, -0.2) is 4.79 Å². The molecule has 0 bridgehead atoms. The summed E-state index contributed by atoms with van der Waals surface area (Å²) in [6, 6.07) is 2.58. The van der Waals surface area contributed by atoms with Crippen molar-refractivity contribution in [1.29, 1.82) is 0 Å². The van der Waals surface area contributed by atoms with Gasteiger partial charge in [0.2, 0.25) is 0 Å². The van der Waals surface area contributed by atoms with Crippen LogP contribution in [0.2, 0.25) is 0 Å². The van der Waals surface area contributed by atoms with Crippen LogP contribution in [-0.4, -0.2) is 16.7 Å². The number of alkyl halides is 3. The average molecular weight is 312 g/mol. The van der Waals surface area contributed by atoms with Crippen LogP contribution in [0, 0.1) is 11.8 Å². The Hall–Kier alpha value is -2.16. The maximum atomic E-state index is 13.1. The predicted octanol–water partition coefficient (Wildman–Crippen LogP) is 4.12. The normalized spacial score (nSPS) is 16.7. The van der Waals surface area contributed by atoms with Crippen molar-refractivity contribution < 1.29 is 27.8 Å². The molecule has 1 aromatic carbocycles. The Bertz CT molecular complexity index is 632. The molecule has 0 heterocycles. The zero-order valence-corrected chi connectivity index (χ0v) is 12.0. The largest absolute Gasteiger partial charge is 0.478 e. The Labute approximate surface area is 126 Å². The maximum Gasteiger partial charge on any atom is 0.419 e. The first-order valence-electron chi connectivity index (χ1n) is 6.85. The van der Waals surface area contributed by atoms with Gasteiger partial charge in [-0.1, -0.05) is 5.92 Å². The summed E-state index contributed by atoms with van der Waals surface area (Å²) in [6.45, 7) is 1.60. The summed E-state index contributed by atoms with van der Waals surface area (Å²) >= 11 is 0. The van der Waals surface area contributed by atoms with Gasteiger partial charge >= 0.3 is 12.1 Å². The summed E-state index contributed by atoms with van der Waals surface area (Å²) < 4.78 is 44.9. The van der Waals surface area contributed by atoms with Gasteiger partial charge in [0.05, 0.1) is 11.1 Å². The molecule has 6 heteroatoms. The molecule has 0 aromatic heterocycles. The third-order valence-electron chi connectivity index (χ3n) is 3.60. The van der Waals surface area contributed by atoms with Crippen molar-refractivity contribution in [3.8, 4) is 17.6 Å². The Morgan fingerprint density at radius 2 is 1.95 bits per heavy atom. The molecule has 3 nitrogen and oxygen atoms in total. The number of rotatable bonds is 3. The molecule has 2 rings (SSSR count). The zero-order chi connectivity index (χ0) is 16.4. The van der Waals surface area contributed by atoms with Gasteiger partial charge in [0.15, 0.2) is 5.60 Å². The van der Waals surface area contributed by atoms with Gasteiger partial charge in [0.1, 0.15) is 5.75 Å². The van der Waals surface area contributed by atoms with Gasteiger partial charge in [0, 0.05) is 0 Å². The molecule has 1 fully saturated rings. The average Bonchev–Trinajstić information content (AvgIpc) is 2.86. The van der Waals surface area contributed by atoms with Crippen molar-refractivity contribution >= 4 is 5.97 Å². The van der Waals surface area contributed by atoms with Crippen molar-refractivity contribution in [2.45, 2.75) is 44.4 Å². The van der Waals surface area contributed by atoms with E-state index in [0.29, 0.717) is 12.8 Å². The smallest absolute Gasteiger partial charge is 0.419 e. The molecule has 1 aliphatic rings. The minimum absolute atomic E-state index is 0.249. The van der Waals surface area contributed by atoms with Gasteiger partial charge in [-0.05, 0) is 50.8 Å². The molecule has 1 aromatic rings. The number of carboxylic acid groups (broad SMARTS) is 1. The van der Waals surface area contributed by atoms with Gasteiger partial charge in [0.25, 0.3) is 0 Å². The fourth-order valence-electron chi connectivity index (χ4n) is 2.61. The third kappa shape index (κ3) is 3.35. The lowest BCUT2D eigenvalue weighted by molar-refractivity contribution is -0.139. The van der Waals surface area contributed by atoms with Crippen LogP contribution >= 0.6 is 0 Å². The van der Waals surface area contributed by atoms with Crippen LogP contribution in [-0.2, 0) is 6.18 Å². The summed E-state index contributed by atoms with van der Waals surface area (Å²) in [6.07, 6.45) is -1.93. The highest BCUT2D eigenvalue weighted by molar-refractivity contribution is 5.88. The van der Waals surface area contributed by atoms with Gasteiger partial charge in [-0.15, -0.1) is 5.92 Å². The van der Waals surface area contributed by atoms with Crippen LogP contribution in [0.15, 0.2) is 18.2 Å². The van der Waals surface area contributed by atoms with Crippen LogP contribution in [0.25, 0.3) is 0 Å². The summed E-state index contributed by atoms with van der Waals surface area (Å²) in [5.74, 6) is 3.76. The van der Waals surface area contributed by atoms with E-state index >= 15 is 0 Å². The van der Waals surface area contributed by atoms with Crippen LogP contribution in [0.4, 0.5) is 13.2 Å². The molecule has 22 heavy (non-hydrogen) atoms. The SMILES string of the molecule is CC#CC1(Oc2cc(C(=O)O)ccc2C(F)(F)F)CCCC1. The van der Waals surface area contributed by atoms with Crippen LogP contribution in [0.5, 0.6) is 5.75 Å². The Morgan fingerprint density at radius 1 is 1.32 bits per heavy atom. The van der Waals surface area contributed by atoms with Crippen molar-refractivity contribution in [2.75, 3.05) is 0 Å². The molecule has 0 amide bonds. The molecule has 1 aliphatic carbocycles. The minimum atomic E-state index is -4.62. The van der Waals surface area contributed by atoms with Crippen LogP contribution in [0.3, 0.4) is 0 Å². The number of carbonyl (C=O) groups is 1. The Balaban J connectivity index is 2.48. The Morgan fingerprint density at radius 3 is 2.45 bits per heavy atom. The lowest BCUT2D eigenvalue weighted by Crippen LogP contribution is -2.31. The highest BCUT2D eigenvalue weighted by Gasteiger charge is 2.39. The van der Waals surface area contributed by atoms with Crippen LogP contribution < -0.4 is 4.74 Å². The molecular formula is C16H15F3O3. The monoisotopic (exact) mass is 312 g/mol. The molecule has 0 atom stereocenters. The number of ether oxygens (including phenoxy) is 1. The van der Waals surface area contributed by atoms with E-state index in [9.17, 15) is 18.0 Å². The number of hydrogen-bond donors (Lipinski definition) is 1. The molecule has 0 unspecified atom stereocenters. The topological polar surface area (TPSA) is 46.5 Å². The summed E-state index contributed by atoms with van der Waals surface area (Å²) in [5.41, 5.74) is -2.20. The standard InChI is InChI=1S/C16H15F3O3/c1-2-7-15(8-3-4-9-15)22-13-10-11(14(20)21)5-6-12(13)16(17,18)19/h5-6,10H,3-4,8-9H2,1H3,(H,20,21). The first-order valence-corrected chi connectivity index (χ1v) is 6.85. The summed E-state index contributed by atoms with van der Waals surface area (Å²) in [4.78, 5) is 11.0. The third-order valence-corrected chi connectivity index (χ3v) is 3.60. The molecule has 0 radical (unpaired) electrons.